The van der Waals surface area contributed by atoms with Crippen LogP contribution in [0.5, 0.6) is 5.75 Å². The molecular weight excluding hydrogens is 260 g/mol. The first-order valence-corrected chi connectivity index (χ1v) is 7.03. The molecule has 0 radical (unpaired) electrons. The van der Waals surface area contributed by atoms with E-state index in [-0.39, 0.29) is 0 Å². The second kappa shape index (κ2) is 5.94. The highest BCUT2D eigenvalue weighted by Gasteiger charge is 2.04. The van der Waals surface area contributed by atoms with Crippen LogP contribution in [0.3, 0.4) is 0 Å². The van der Waals surface area contributed by atoms with Crippen molar-refractivity contribution in [2.24, 2.45) is 5.73 Å². The molecule has 106 valence electrons. The van der Waals surface area contributed by atoms with E-state index < -0.39 is 0 Å². The second-order valence-corrected chi connectivity index (χ2v) is 5.09. The maximum atomic E-state index is 5.96. The molecule has 1 aromatic heterocycles. The number of para-hydroxylation sites is 1. The first kappa shape index (κ1) is 13.6. The minimum absolute atomic E-state index is 0.516. The summed E-state index contributed by atoms with van der Waals surface area (Å²) in [6.45, 7) is 3.05. The Hall–Kier alpha value is -2.39. The molecule has 0 unspecified atom stereocenters. The summed E-state index contributed by atoms with van der Waals surface area (Å²) in [6.07, 6.45) is 0. The molecule has 21 heavy (non-hydrogen) atoms. The van der Waals surface area contributed by atoms with Crippen molar-refractivity contribution >= 4 is 10.9 Å². The Morgan fingerprint density at radius 1 is 1.00 bits per heavy atom. The number of nitrogens with two attached hydrogens (primary N) is 1. The van der Waals surface area contributed by atoms with Gasteiger partial charge in [-0.25, -0.2) is 4.98 Å². The molecule has 0 spiro atoms. The topological polar surface area (TPSA) is 48.1 Å². The van der Waals surface area contributed by atoms with Crippen molar-refractivity contribution in [2.45, 2.75) is 20.1 Å². The number of ether oxygens (including phenoxy) is 1. The molecule has 3 heteroatoms. The summed E-state index contributed by atoms with van der Waals surface area (Å²) < 4.78 is 5.96. The van der Waals surface area contributed by atoms with Gasteiger partial charge in [-0.15, -0.1) is 0 Å². The highest BCUT2D eigenvalue weighted by Crippen LogP contribution is 2.24. The molecule has 0 atom stereocenters. The number of hydrogen-bond donors (Lipinski definition) is 1. The largest absolute Gasteiger partial charge is 0.487 e. The van der Waals surface area contributed by atoms with E-state index in [0.717, 1.165) is 33.5 Å². The lowest BCUT2D eigenvalue weighted by Gasteiger charge is -2.10. The number of hydrogen-bond acceptors (Lipinski definition) is 3. The summed E-state index contributed by atoms with van der Waals surface area (Å²) in [4.78, 5) is 4.58. The van der Waals surface area contributed by atoms with E-state index in [4.69, 9.17) is 10.5 Å². The van der Waals surface area contributed by atoms with Crippen molar-refractivity contribution in [2.75, 3.05) is 0 Å². The van der Waals surface area contributed by atoms with E-state index in [0.29, 0.717) is 13.2 Å². The van der Waals surface area contributed by atoms with Crippen molar-refractivity contribution in [1.29, 1.82) is 0 Å². The summed E-state index contributed by atoms with van der Waals surface area (Å²) in [5, 5.41) is 1.09. The number of nitrogens with zero attached hydrogens (tertiary/aromatic N) is 1. The SMILES string of the molecule is Cc1ccc2cccc(OCc3cccc(CN)c3)c2n1. The third-order valence-electron chi connectivity index (χ3n) is 3.44. The third kappa shape index (κ3) is 3.03. The Balaban J connectivity index is 1.86. The second-order valence-electron chi connectivity index (χ2n) is 5.09. The zero-order chi connectivity index (χ0) is 14.7. The summed E-state index contributed by atoms with van der Waals surface area (Å²) in [7, 11) is 0. The van der Waals surface area contributed by atoms with Gasteiger partial charge in [0.15, 0.2) is 0 Å². The van der Waals surface area contributed by atoms with Crippen LogP contribution >= 0.6 is 0 Å². The number of aryl methyl sites for hydroxylation is 1. The molecule has 3 rings (SSSR count). The first-order valence-electron chi connectivity index (χ1n) is 7.03. The van der Waals surface area contributed by atoms with Crippen LogP contribution in [0.2, 0.25) is 0 Å². The van der Waals surface area contributed by atoms with Crippen LogP contribution in [0.1, 0.15) is 16.8 Å². The Labute approximate surface area is 124 Å². The van der Waals surface area contributed by atoms with Gasteiger partial charge in [0.25, 0.3) is 0 Å². The number of fused-ring (bicyclic) bond motifs is 1. The lowest BCUT2D eigenvalue weighted by Crippen LogP contribution is -2.00. The Morgan fingerprint density at radius 3 is 2.67 bits per heavy atom. The highest BCUT2D eigenvalue weighted by molar-refractivity contribution is 5.84. The number of rotatable bonds is 4. The van der Waals surface area contributed by atoms with E-state index >= 15 is 0 Å². The van der Waals surface area contributed by atoms with Crippen molar-refractivity contribution in [3.8, 4) is 5.75 Å². The van der Waals surface area contributed by atoms with Gasteiger partial charge < -0.3 is 10.5 Å². The van der Waals surface area contributed by atoms with Gasteiger partial charge in [-0.1, -0.05) is 42.5 Å². The van der Waals surface area contributed by atoms with Gasteiger partial charge in [0, 0.05) is 17.6 Å². The number of aromatic nitrogens is 1. The van der Waals surface area contributed by atoms with Gasteiger partial charge in [-0.2, -0.15) is 0 Å². The van der Waals surface area contributed by atoms with Crippen molar-refractivity contribution in [1.82, 2.24) is 4.98 Å². The van der Waals surface area contributed by atoms with Gasteiger partial charge in [0.2, 0.25) is 0 Å². The van der Waals surface area contributed by atoms with Gasteiger partial charge >= 0.3 is 0 Å². The van der Waals surface area contributed by atoms with Gasteiger partial charge in [-0.05, 0) is 30.2 Å². The number of benzene rings is 2. The fraction of sp³-hybridized carbons (Fsp3) is 0.167. The van der Waals surface area contributed by atoms with E-state index in [1.54, 1.807) is 0 Å². The zero-order valence-electron chi connectivity index (χ0n) is 12.0. The summed E-state index contributed by atoms with van der Waals surface area (Å²) in [6, 6.07) is 18.2. The van der Waals surface area contributed by atoms with E-state index in [1.165, 1.54) is 0 Å². The van der Waals surface area contributed by atoms with Crippen molar-refractivity contribution < 1.29 is 4.74 Å². The predicted octanol–water partition coefficient (Wildman–Crippen LogP) is 3.58. The van der Waals surface area contributed by atoms with E-state index in [2.05, 4.69) is 17.1 Å². The van der Waals surface area contributed by atoms with Gasteiger partial charge in [0.05, 0.1) is 0 Å². The number of pyridine rings is 1. The Kier molecular flexibility index (Phi) is 3.84. The van der Waals surface area contributed by atoms with Gasteiger partial charge in [-0.3, -0.25) is 0 Å². The molecule has 0 bridgehead atoms. The normalized spacial score (nSPS) is 10.8. The van der Waals surface area contributed by atoms with Crippen molar-refractivity contribution in [3.05, 3.63) is 71.4 Å². The maximum absolute atomic E-state index is 5.96. The lowest BCUT2D eigenvalue weighted by molar-refractivity contribution is 0.309. The van der Waals surface area contributed by atoms with Crippen LogP contribution < -0.4 is 10.5 Å². The molecular formula is C18H18N2O. The smallest absolute Gasteiger partial charge is 0.146 e. The standard InChI is InChI=1S/C18H18N2O/c1-13-8-9-16-6-3-7-17(18(16)20-13)21-12-15-5-2-4-14(10-15)11-19/h2-10H,11-12,19H2,1H3. The molecule has 0 amide bonds. The van der Waals surface area contributed by atoms with Crippen LogP contribution in [0.4, 0.5) is 0 Å². The van der Waals surface area contributed by atoms with Crippen LogP contribution in [0.25, 0.3) is 10.9 Å². The molecule has 0 saturated heterocycles. The van der Waals surface area contributed by atoms with Gasteiger partial charge in [0.1, 0.15) is 17.9 Å². The minimum Gasteiger partial charge on any atom is -0.487 e. The highest BCUT2D eigenvalue weighted by atomic mass is 16.5. The Bertz CT molecular complexity index is 768. The van der Waals surface area contributed by atoms with Crippen LogP contribution in [-0.4, -0.2) is 4.98 Å². The predicted molar refractivity (Wildman–Crippen MR) is 85.1 cm³/mol. The monoisotopic (exact) mass is 278 g/mol. The molecule has 2 aromatic carbocycles. The molecule has 0 aliphatic heterocycles. The van der Waals surface area contributed by atoms with Crippen molar-refractivity contribution in [3.63, 3.8) is 0 Å². The molecule has 2 N–H and O–H groups in total. The third-order valence-corrected chi connectivity index (χ3v) is 3.44. The minimum atomic E-state index is 0.516. The van der Waals surface area contributed by atoms with Crippen LogP contribution in [-0.2, 0) is 13.2 Å². The zero-order valence-corrected chi connectivity index (χ0v) is 12.0. The molecule has 0 fully saturated rings. The molecule has 3 aromatic rings. The van der Waals surface area contributed by atoms with E-state index in [9.17, 15) is 0 Å². The maximum Gasteiger partial charge on any atom is 0.146 e. The molecule has 1 heterocycles. The average molecular weight is 278 g/mol. The summed E-state index contributed by atoms with van der Waals surface area (Å²) in [5.41, 5.74) is 9.79. The summed E-state index contributed by atoms with van der Waals surface area (Å²) in [5.74, 6) is 0.814. The molecule has 0 saturated carbocycles. The first-order chi connectivity index (χ1) is 10.3. The average Bonchev–Trinajstić information content (AvgIpc) is 2.53. The molecule has 0 aliphatic carbocycles. The fourth-order valence-corrected chi connectivity index (χ4v) is 2.34. The molecule has 3 nitrogen and oxygen atoms in total. The fourth-order valence-electron chi connectivity index (χ4n) is 2.34. The quantitative estimate of drug-likeness (QED) is 0.793. The Morgan fingerprint density at radius 2 is 1.81 bits per heavy atom. The van der Waals surface area contributed by atoms with E-state index in [1.807, 2.05) is 49.4 Å². The van der Waals surface area contributed by atoms with Crippen LogP contribution in [0.15, 0.2) is 54.6 Å². The summed E-state index contributed by atoms with van der Waals surface area (Å²) >= 11 is 0. The molecule has 0 aliphatic rings. The van der Waals surface area contributed by atoms with Crippen LogP contribution in [0, 0.1) is 6.92 Å². The lowest BCUT2D eigenvalue weighted by atomic mass is 10.1.